The maximum Gasteiger partial charge on any atom is 0.388 e. The number of rotatable bonds is 5. The summed E-state index contributed by atoms with van der Waals surface area (Å²) < 4.78 is 87.1. The van der Waals surface area contributed by atoms with Crippen molar-refractivity contribution in [2.45, 2.75) is 31.3 Å². The minimum atomic E-state index is -3.93. The van der Waals surface area contributed by atoms with E-state index < -0.39 is 34.1 Å². The van der Waals surface area contributed by atoms with Crippen LogP contribution in [0, 0.1) is 5.41 Å². The lowest BCUT2D eigenvalue weighted by molar-refractivity contribution is -0.0528. The van der Waals surface area contributed by atoms with Crippen molar-refractivity contribution in [1.29, 1.82) is 0 Å². The summed E-state index contributed by atoms with van der Waals surface area (Å²) in [5.41, 5.74) is -0.943. The van der Waals surface area contributed by atoms with Crippen LogP contribution in [0.25, 0.3) is 11.3 Å². The lowest BCUT2D eigenvalue weighted by Gasteiger charge is -2.30. The number of hydrogen-bond donors (Lipinski definition) is 1. The largest absolute Gasteiger partial charge is 0.417 e. The Morgan fingerprint density at radius 3 is 2.59 bits per heavy atom. The Labute approximate surface area is 162 Å². The summed E-state index contributed by atoms with van der Waals surface area (Å²) in [4.78, 5) is 3.63. The predicted molar refractivity (Wildman–Crippen MR) is 90.4 cm³/mol. The van der Waals surface area contributed by atoms with E-state index in [2.05, 4.69) is 14.9 Å². The molecule has 0 unspecified atom stereocenters. The minimum Gasteiger partial charge on any atom is -0.417 e. The van der Waals surface area contributed by atoms with Crippen LogP contribution in [-0.4, -0.2) is 48.5 Å². The number of halogens is 4. The van der Waals surface area contributed by atoms with Crippen molar-refractivity contribution in [3.63, 3.8) is 0 Å². The molecule has 2 aliphatic rings. The lowest BCUT2D eigenvalue weighted by atomic mass is 9.90. The molecular weight excluding hydrogens is 420 g/mol. The van der Waals surface area contributed by atoms with E-state index in [9.17, 15) is 26.0 Å². The van der Waals surface area contributed by atoms with Gasteiger partial charge in [0.05, 0.1) is 11.3 Å². The van der Waals surface area contributed by atoms with Gasteiger partial charge in [0.25, 0.3) is 16.1 Å². The lowest BCUT2D eigenvalue weighted by Crippen LogP contribution is -2.43. The Bertz CT molecular complexity index is 1020. The molecule has 2 N–H and O–H groups in total. The first kappa shape index (κ1) is 20.0. The van der Waals surface area contributed by atoms with Gasteiger partial charge < -0.3 is 9.26 Å². The summed E-state index contributed by atoms with van der Waals surface area (Å²) in [5, 5.41) is 8.82. The highest BCUT2D eigenvalue weighted by Crippen LogP contribution is 2.75. The molecule has 13 heteroatoms. The molecule has 2 aromatic heterocycles. The van der Waals surface area contributed by atoms with Crippen molar-refractivity contribution < 1.29 is 35.2 Å². The van der Waals surface area contributed by atoms with Crippen LogP contribution in [0.1, 0.15) is 24.5 Å². The molecule has 1 spiro atoms. The van der Waals surface area contributed by atoms with Gasteiger partial charge in [-0.3, -0.25) is 0 Å². The Balaban J connectivity index is 1.55. The first-order valence-electron chi connectivity index (χ1n) is 8.58. The summed E-state index contributed by atoms with van der Waals surface area (Å²) in [6.45, 7) is -3.27. The molecule has 1 atom stereocenters. The first-order chi connectivity index (χ1) is 13.5. The Kier molecular flexibility index (Phi) is 4.59. The van der Waals surface area contributed by atoms with Gasteiger partial charge in [-0.15, -0.1) is 0 Å². The number of pyridine rings is 1. The quantitative estimate of drug-likeness (QED) is 0.721. The van der Waals surface area contributed by atoms with Crippen molar-refractivity contribution in [1.82, 2.24) is 14.4 Å². The molecule has 0 radical (unpaired) electrons. The van der Waals surface area contributed by atoms with Crippen molar-refractivity contribution in [3.8, 4) is 17.1 Å². The van der Waals surface area contributed by atoms with Gasteiger partial charge in [-0.05, 0) is 18.9 Å². The predicted octanol–water partition coefficient (Wildman–Crippen LogP) is 2.36. The average molecular weight is 436 g/mol. The van der Waals surface area contributed by atoms with E-state index in [0.29, 0.717) is 5.56 Å². The zero-order chi connectivity index (χ0) is 21.0. The second-order valence-electron chi connectivity index (χ2n) is 7.03. The zero-order valence-corrected chi connectivity index (χ0v) is 15.6. The molecule has 1 aliphatic carbocycles. The third-order valence-corrected chi connectivity index (χ3v) is 6.61. The van der Waals surface area contributed by atoms with Crippen LogP contribution >= 0.6 is 0 Å². The van der Waals surface area contributed by atoms with Gasteiger partial charge in [-0.2, -0.15) is 21.5 Å². The number of alkyl halides is 4. The summed E-state index contributed by atoms with van der Waals surface area (Å²) in [6, 6.07) is 3.96. The summed E-state index contributed by atoms with van der Waals surface area (Å²) in [6.07, 6.45) is 1.08. The number of ether oxygens (including phenoxy) is 1. The van der Waals surface area contributed by atoms with E-state index in [0.717, 1.165) is 4.31 Å². The number of nitrogens with two attached hydrogens (primary N) is 1. The van der Waals surface area contributed by atoms with Crippen LogP contribution in [0.5, 0.6) is 5.88 Å². The smallest absolute Gasteiger partial charge is 0.388 e. The third-order valence-electron chi connectivity index (χ3n) is 5.52. The van der Waals surface area contributed by atoms with Crippen molar-refractivity contribution in [3.05, 3.63) is 30.2 Å². The standard InChI is InChI=1S/C16H16F4N4O4S/c17-14(18)27-12-7-9(1-4-22-12)10-8-11(28-23-10)13-15(16(13,19)20)2-5-24(6-3-15)29(21,25)26/h1,4,7-8,13-14H,2-3,5-6H2,(H2,21,25,26)/t13-/m0/s1. The molecule has 2 aromatic rings. The molecule has 29 heavy (non-hydrogen) atoms. The molecule has 1 saturated carbocycles. The van der Waals surface area contributed by atoms with Gasteiger partial charge in [-0.25, -0.2) is 18.9 Å². The molecule has 4 rings (SSSR count). The van der Waals surface area contributed by atoms with Crippen LogP contribution in [0.4, 0.5) is 17.6 Å². The Morgan fingerprint density at radius 1 is 1.28 bits per heavy atom. The van der Waals surface area contributed by atoms with E-state index >= 15 is 0 Å². The van der Waals surface area contributed by atoms with Gasteiger partial charge in [-0.1, -0.05) is 5.16 Å². The zero-order valence-electron chi connectivity index (χ0n) is 14.8. The second-order valence-corrected chi connectivity index (χ2v) is 8.58. The van der Waals surface area contributed by atoms with Crippen molar-refractivity contribution in [2.24, 2.45) is 10.6 Å². The van der Waals surface area contributed by atoms with E-state index in [4.69, 9.17) is 9.66 Å². The number of nitrogens with zero attached hydrogens (tertiary/aromatic N) is 3. The van der Waals surface area contributed by atoms with Crippen LogP contribution in [-0.2, 0) is 10.2 Å². The molecule has 158 valence electrons. The number of piperidine rings is 1. The fraction of sp³-hybridized carbons (Fsp3) is 0.500. The summed E-state index contributed by atoms with van der Waals surface area (Å²) >= 11 is 0. The monoisotopic (exact) mass is 436 g/mol. The van der Waals surface area contributed by atoms with Crippen LogP contribution < -0.4 is 9.88 Å². The van der Waals surface area contributed by atoms with Gasteiger partial charge in [0.1, 0.15) is 11.5 Å². The molecule has 3 heterocycles. The highest BCUT2D eigenvalue weighted by molar-refractivity contribution is 7.86. The highest BCUT2D eigenvalue weighted by Gasteiger charge is 2.82. The Morgan fingerprint density at radius 2 is 1.97 bits per heavy atom. The molecule has 0 bridgehead atoms. The van der Waals surface area contributed by atoms with E-state index in [1.807, 2.05) is 0 Å². The van der Waals surface area contributed by atoms with Crippen LogP contribution in [0.2, 0.25) is 0 Å². The van der Waals surface area contributed by atoms with Gasteiger partial charge in [0.15, 0.2) is 0 Å². The Hall–Kier alpha value is -2.25. The fourth-order valence-electron chi connectivity index (χ4n) is 4.01. The highest BCUT2D eigenvalue weighted by atomic mass is 32.2. The van der Waals surface area contributed by atoms with E-state index in [1.54, 1.807) is 0 Å². The molecule has 1 saturated heterocycles. The molecule has 8 nitrogen and oxygen atoms in total. The molecule has 0 aromatic carbocycles. The summed E-state index contributed by atoms with van der Waals surface area (Å²) in [7, 11) is -3.93. The van der Waals surface area contributed by atoms with Crippen LogP contribution in [0.15, 0.2) is 28.9 Å². The van der Waals surface area contributed by atoms with E-state index in [1.165, 1.54) is 24.4 Å². The maximum atomic E-state index is 14.7. The number of hydrogen-bond acceptors (Lipinski definition) is 6. The SMILES string of the molecule is NS(=O)(=O)N1CCC2(CC1)[C@H](c1cc(-c3ccnc(OC(F)F)c3)no1)C2(F)F. The minimum absolute atomic E-state index is 0.0535. The third kappa shape index (κ3) is 3.36. The summed E-state index contributed by atoms with van der Waals surface area (Å²) in [5.74, 6) is -4.73. The van der Waals surface area contributed by atoms with Gasteiger partial charge in [0, 0.05) is 37.0 Å². The molecule has 2 fully saturated rings. The van der Waals surface area contributed by atoms with Crippen LogP contribution in [0.3, 0.4) is 0 Å². The molecular formula is C16H16F4N4O4S. The van der Waals surface area contributed by atoms with Crippen molar-refractivity contribution in [2.75, 3.05) is 13.1 Å². The van der Waals surface area contributed by atoms with E-state index in [-0.39, 0.29) is 43.3 Å². The first-order valence-corrected chi connectivity index (χ1v) is 10.1. The average Bonchev–Trinajstić information content (AvgIpc) is 2.96. The second kappa shape index (κ2) is 6.64. The van der Waals surface area contributed by atoms with Gasteiger partial charge in [0.2, 0.25) is 5.88 Å². The fourth-order valence-corrected chi connectivity index (χ4v) is 4.70. The van der Waals surface area contributed by atoms with Gasteiger partial charge >= 0.3 is 6.61 Å². The topological polar surface area (TPSA) is 112 Å². The molecule has 0 amide bonds. The maximum absolute atomic E-state index is 14.7. The number of aromatic nitrogens is 2. The van der Waals surface area contributed by atoms with Crippen molar-refractivity contribution >= 4 is 10.2 Å². The normalized spacial score (nSPS) is 23.4. The molecule has 1 aliphatic heterocycles.